The van der Waals surface area contributed by atoms with E-state index in [2.05, 4.69) is 10.1 Å². The fraction of sp³-hybridized carbons (Fsp3) is 0.467. The zero-order valence-corrected chi connectivity index (χ0v) is 14.2. The Balaban J connectivity index is 2.61. The Bertz CT molecular complexity index is 754. The zero-order valence-electron chi connectivity index (χ0n) is 14.2. The molecule has 2 N–H and O–H groups in total. The summed E-state index contributed by atoms with van der Waals surface area (Å²) in [7, 11) is 0.696. The monoisotopic (exact) mass is 391 g/mol. The van der Waals surface area contributed by atoms with Crippen LogP contribution < -0.4 is 5.32 Å². The lowest BCUT2D eigenvalue weighted by Gasteiger charge is -2.49. The number of amides is 2. The molecular formula is C15H16F3N3O6. The quantitative estimate of drug-likeness (QED) is 0.458. The summed E-state index contributed by atoms with van der Waals surface area (Å²) in [6.07, 6.45) is -5.38. The number of urea groups is 1. The van der Waals surface area contributed by atoms with Crippen molar-refractivity contribution >= 4 is 17.7 Å². The summed E-state index contributed by atoms with van der Waals surface area (Å²) in [4.78, 5) is 34.3. The number of aliphatic hydroxyl groups is 1. The van der Waals surface area contributed by atoms with Crippen LogP contribution >= 0.6 is 0 Å². The van der Waals surface area contributed by atoms with E-state index >= 15 is 0 Å². The molecule has 0 spiro atoms. The van der Waals surface area contributed by atoms with Crippen LogP contribution in [0.1, 0.15) is 18.5 Å². The minimum Gasteiger partial charge on any atom is -0.466 e. The van der Waals surface area contributed by atoms with Gasteiger partial charge < -0.3 is 15.2 Å². The van der Waals surface area contributed by atoms with Crippen LogP contribution in [-0.2, 0) is 9.53 Å². The van der Waals surface area contributed by atoms with Crippen molar-refractivity contribution in [3.8, 4) is 0 Å². The van der Waals surface area contributed by atoms with Gasteiger partial charge in [0.15, 0.2) is 0 Å². The molecule has 1 aliphatic rings. The van der Waals surface area contributed by atoms with Crippen LogP contribution in [0.15, 0.2) is 24.3 Å². The van der Waals surface area contributed by atoms with Gasteiger partial charge in [0.2, 0.25) is 0 Å². The van der Waals surface area contributed by atoms with Crippen LogP contribution in [0, 0.1) is 16.0 Å². The maximum Gasteiger partial charge on any atom is 0.437 e. The van der Waals surface area contributed by atoms with E-state index in [1.165, 1.54) is 6.92 Å². The maximum absolute atomic E-state index is 13.7. The van der Waals surface area contributed by atoms with Gasteiger partial charge in [0, 0.05) is 19.2 Å². The molecule has 0 saturated carbocycles. The van der Waals surface area contributed by atoms with Crippen LogP contribution in [0.4, 0.5) is 23.7 Å². The number of nitrogens with one attached hydrogen (secondary N) is 1. The van der Waals surface area contributed by atoms with E-state index < -0.39 is 40.8 Å². The van der Waals surface area contributed by atoms with E-state index in [0.717, 1.165) is 24.3 Å². The number of alkyl halides is 3. The predicted octanol–water partition coefficient (Wildman–Crippen LogP) is 1.72. The Labute approximate surface area is 150 Å². The first-order valence-corrected chi connectivity index (χ1v) is 7.69. The molecule has 1 aromatic carbocycles. The first-order chi connectivity index (χ1) is 12.4. The molecule has 2 amide bonds. The van der Waals surface area contributed by atoms with Gasteiger partial charge in [0.05, 0.1) is 17.6 Å². The van der Waals surface area contributed by atoms with Crippen LogP contribution in [0.3, 0.4) is 0 Å². The first-order valence-electron chi connectivity index (χ1n) is 7.69. The van der Waals surface area contributed by atoms with Gasteiger partial charge in [-0.3, -0.25) is 19.8 Å². The maximum atomic E-state index is 13.7. The van der Waals surface area contributed by atoms with Gasteiger partial charge in [-0.05, 0) is 12.5 Å². The van der Waals surface area contributed by atoms with Gasteiger partial charge in [0.1, 0.15) is 5.92 Å². The Morgan fingerprint density at radius 2 is 1.96 bits per heavy atom. The van der Waals surface area contributed by atoms with Gasteiger partial charge in [-0.2, -0.15) is 13.2 Å². The third kappa shape index (κ3) is 3.39. The van der Waals surface area contributed by atoms with Gasteiger partial charge in [-0.25, -0.2) is 4.79 Å². The minimum absolute atomic E-state index is 0.0174. The zero-order chi connectivity index (χ0) is 20.6. The number of hydrogen-bond acceptors (Lipinski definition) is 6. The molecule has 2 rings (SSSR count). The second kappa shape index (κ2) is 7.02. The normalized spacial score (nSPS) is 25.7. The molecule has 12 heteroatoms. The number of esters is 1. The molecular weight excluding hydrogens is 375 g/mol. The van der Waals surface area contributed by atoms with Crippen molar-refractivity contribution in [2.45, 2.75) is 24.9 Å². The van der Waals surface area contributed by atoms with Crippen molar-refractivity contribution in [1.82, 2.24) is 10.2 Å². The first kappa shape index (κ1) is 20.4. The highest BCUT2D eigenvalue weighted by atomic mass is 19.4. The molecule has 0 aliphatic carbocycles. The fourth-order valence-corrected chi connectivity index (χ4v) is 2.89. The van der Waals surface area contributed by atoms with Crippen molar-refractivity contribution in [3.63, 3.8) is 0 Å². The average molecular weight is 391 g/mol. The number of ether oxygens (including phenoxy) is 1. The van der Waals surface area contributed by atoms with Crippen molar-refractivity contribution in [2.24, 2.45) is 5.92 Å². The number of hydrogen-bond donors (Lipinski definition) is 2. The molecule has 1 saturated heterocycles. The Kier molecular flexibility index (Phi) is 5.31. The van der Waals surface area contributed by atoms with E-state index in [-0.39, 0.29) is 22.8 Å². The number of nitro benzene ring substituents is 1. The van der Waals surface area contributed by atoms with E-state index in [9.17, 15) is 38.0 Å². The molecule has 1 heterocycles. The molecule has 1 fully saturated rings. The van der Waals surface area contributed by atoms with E-state index in [0.29, 0.717) is 7.05 Å². The van der Waals surface area contributed by atoms with Crippen molar-refractivity contribution in [1.29, 1.82) is 0 Å². The topological polar surface area (TPSA) is 122 Å². The third-order valence-electron chi connectivity index (χ3n) is 4.28. The Morgan fingerprint density at radius 3 is 2.41 bits per heavy atom. The number of nitrogens with zero attached hydrogens (tertiary/aromatic N) is 2. The lowest BCUT2D eigenvalue weighted by atomic mass is 9.81. The SMILES string of the molecule is CCOC(=O)C1C(c2ccc([N+](=O)[O-])cc2)NC(=O)N(C)C1(O)C(F)(F)F. The van der Waals surface area contributed by atoms with Crippen molar-refractivity contribution in [2.75, 3.05) is 13.7 Å². The summed E-state index contributed by atoms with van der Waals surface area (Å²) in [5, 5.41) is 23.4. The minimum atomic E-state index is -5.38. The fourth-order valence-electron chi connectivity index (χ4n) is 2.89. The van der Waals surface area contributed by atoms with E-state index in [4.69, 9.17) is 0 Å². The number of benzene rings is 1. The number of carbonyl (C=O) groups excluding carboxylic acids is 2. The van der Waals surface area contributed by atoms with E-state index in [1.54, 1.807) is 0 Å². The summed E-state index contributed by atoms with van der Waals surface area (Å²) in [5.74, 6) is -3.64. The van der Waals surface area contributed by atoms with Crippen molar-refractivity contribution in [3.05, 3.63) is 39.9 Å². The highest BCUT2D eigenvalue weighted by Gasteiger charge is 2.69. The van der Waals surface area contributed by atoms with Gasteiger partial charge in [-0.15, -0.1) is 0 Å². The Morgan fingerprint density at radius 1 is 1.41 bits per heavy atom. The second-order valence-electron chi connectivity index (χ2n) is 5.79. The lowest BCUT2D eigenvalue weighted by Crippen LogP contribution is -2.73. The smallest absolute Gasteiger partial charge is 0.437 e. The largest absolute Gasteiger partial charge is 0.466 e. The molecule has 9 nitrogen and oxygen atoms in total. The number of nitro groups is 1. The summed E-state index contributed by atoms with van der Waals surface area (Å²) < 4.78 is 45.8. The molecule has 3 unspecified atom stereocenters. The highest BCUT2D eigenvalue weighted by Crippen LogP contribution is 2.46. The number of rotatable bonds is 4. The summed E-state index contributed by atoms with van der Waals surface area (Å²) in [6.45, 7) is 1.12. The summed E-state index contributed by atoms with van der Waals surface area (Å²) in [6, 6.07) is 1.30. The number of halogens is 3. The molecule has 0 bridgehead atoms. The molecule has 3 atom stereocenters. The van der Waals surface area contributed by atoms with Crippen LogP contribution in [0.2, 0.25) is 0 Å². The molecule has 1 aliphatic heterocycles. The van der Waals surface area contributed by atoms with Gasteiger partial charge in [-0.1, -0.05) is 12.1 Å². The second-order valence-corrected chi connectivity index (χ2v) is 5.79. The standard InChI is InChI=1S/C15H16F3N3O6/c1-3-27-12(22)10-11(8-4-6-9(7-5-8)21(25)26)19-13(23)20(2)14(10,24)15(16,17)18/h4-7,10-11,24H,3H2,1-2H3,(H,19,23). The van der Waals surface area contributed by atoms with Crippen molar-refractivity contribution < 1.29 is 37.5 Å². The number of non-ortho nitro benzene ring substituents is 1. The summed E-state index contributed by atoms with van der Waals surface area (Å²) >= 11 is 0. The third-order valence-corrected chi connectivity index (χ3v) is 4.28. The number of carbonyl (C=O) groups is 2. The Hall–Kier alpha value is -2.89. The highest BCUT2D eigenvalue weighted by molar-refractivity contribution is 5.83. The lowest BCUT2D eigenvalue weighted by molar-refractivity contribution is -0.384. The van der Waals surface area contributed by atoms with Crippen LogP contribution in [0.5, 0.6) is 0 Å². The van der Waals surface area contributed by atoms with E-state index in [1.807, 2.05) is 0 Å². The van der Waals surface area contributed by atoms with Gasteiger partial charge in [0.25, 0.3) is 11.4 Å². The van der Waals surface area contributed by atoms with Crippen LogP contribution in [0.25, 0.3) is 0 Å². The van der Waals surface area contributed by atoms with Gasteiger partial charge >= 0.3 is 18.2 Å². The molecule has 27 heavy (non-hydrogen) atoms. The summed E-state index contributed by atoms with van der Waals surface area (Å²) in [5.41, 5.74) is -4.21. The molecule has 0 aromatic heterocycles. The molecule has 148 valence electrons. The molecule has 0 radical (unpaired) electrons. The molecule has 1 aromatic rings. The van der Waals surface area contributed by atoms with Crippen LogP contribution in [-0.4, -0.2) is 52.5 Å². The average Bonchev–Trinajstić information content (AvgIpc) is 2.58. The predicted molar refractivity (Wildman–Crippen MR) is 83.3 cm³/mol.